The molecule has 0 fully saturated rings. The van der Waals surface area contributed by atoms with E-state index in [1.807, 2.05) is 48.5 Å². The van der Waals surface area contributed by atoms with Gasteiger partial charge in [0, 0.05) is 31.9 Å². The number of esters is 1. The van der Waals surface area contributed by atoms with Crippen LogP contribution in [-0.4, -0.2) is 60.9 Å². The number of ether oxygens (including phenoxy) is 1. The molecule has 7 nitrogen and oxygen atoms in total. The third kappa shape index (κ3) is 6.63. The maximum Gasteiger partial charge on any atom is 0.310 e. The molecule has 174 valence electrons. The number of hydrogen-bond donors (Lipinski definition) is 0. The van der Waals surface area contributed by atoms with Crippen LogP contribution in [0.1, 0.15) is 32.0 Å². The molecule has 1 atom stereocenters. The highest BCUT2D eigenvalue weighted by atomic mass is 32.2. The van der Waals surface area contributed by atoms with E-state index in [-0.39, 0.29) is 13.0 Å². The molecule has 1 amide bonds. The molecule has 8 heteroatoms. The quantitative estimate of drug-likeness (QED) is 0.479. The van der Waals surface area contributed by atoms with Crippen molar-refractivity contribution in [3.05, 3.63) is 66.0 Å². The van der Waals surface area contributed by atoms with Gasteiger partial charge >= 0.3 is 5.97 Å². The minimum atomic E-state index is -3.98. The Kier molecular flexibility index (Phi) is 8.95. The van der Waals surface area contributed by atoms with E-state index in [2.05, 4.69) is 4.98 Å². The molecule has 2 aromatic rings. The molecular formula is C24H32N2O5S. The standard InChI is InChI=1S/C24H32N2O5S/c1-5-31-22(27)20(17-19-11-7-6-8-12-19)18-32(29,30)24(2,3)23(28)26(4)16-14-21-13-9-10-15-25-21/h6-13,15,20H,5,14,16-18H2,1-4H3. The fourth-order valence-corrected chi connectivity index (χ4v) is 4.99. The predicted octanol–water partition coefficient (Wildman–Crippen LogP) is 2.70. The Labute approximate surface area is 190 Å². The van der Waals surface area contributed by atoms with Gasteiger partial charge in [-0.2, -0.15) is 0 Å². The fraction of sp³-hybridized carbons (Fsp3) is 0.458. The number of carbonyl (C=O) groups is 2. The van der Waals surface area contributed by atoms with Gasteiger partial charge in [-0.15, -0.1) is 0 Å². The Bertz CT molecular complexity index is 992. The number of aromatic nitrogens is 1. The summed E-state index contributed by atoms with van der Waals surface area (Å²) in [4.78, 5) is 31.2. The summed E-state index contributed by atoms with van der Waals surface area (Å²) in [6, 6.07) is 14.7. The Morgan fingerprint density at radius 2 is 1.75 bits per heavy atom. The summed E-state index contributed by atoms with van der Waals surface area (Å²) in [6.07, 6.45) is 2.41. The molecule has 0 radical (unpaired) electrons. The lowest BCUT2D eigenvalue weighted by Gasteiger charge is -2.30. The van der Waals surface area contributed by atoms with Crippen molar-refractivity contribution in [1.82, 2.24) is 9.88 Å². The van der Waals surface area contributed by atoms with Crippen molar-refractivity contribution in [3.8, 4) is 0 Å². The number of amides is 1. The lowest BCUT2D eigenvalue weighted by molar-refractivity contribution is -0.147. The second kappa shape index (κ2) is 11.2. The number of likely N-dealkylation sites (N-methyl/N-ethyl adjacent to an activating group) is 1. The van der Waals surface area contributed by atoms with Gasteiger partial charge in [0.15, 0.2) is 9.84 Å². The zero-order chi connectivity index (χ0) is 23.8. The van der Waals surface area contributed by atoms with Gasteiger partial charge in [-0.05, 0) is 44.9 Å². The Morgan fingerprint density at radius 1 is 1.09 bits per heavy atom. The zero-order valence-corrected chi connectivity index (χ0v) is 20.0. The Balaban J connectivity index is 2.15. The van der Waals surface area contributed by atoms with Crippen LogP contribution in [0.5, 0.6) is 0 Å². The van der Waals surface area contributed by atoms with E-state index < -0.39 is 38.1 Å². The van der Waals surface area contributed by atoms with E-state index in [1.165, 1.54) is 18.7 Å². The Hall–Kier alpha value is -2.74. The summed E-state index contributed by atoms with van der Waals surface area (Å²) < 4.78 is 30.1. The van der Waals surface area contributed by atoms with Gasteiger partial charge in [0.2, 0.25) is 5.91 Å². The minimum Gasteiger partial charge on any atom is -0.466 e. The monoisotopic (exact) mass is 460 g/mol. The van der Waals surface area contributed by atoms with Crippen LogP contribution in [-0.2, 0) is 37.0 Å². The van der Waals surface area contributed by atoms with Crippen molar-refractivity contribution in [1.29, 1.82) is 0 Å². The first kappa shape index (κ1) is 25.5. The summed E-state index contributed by atoms with van der Waals surface area (Å²) in [7, 11) is -2.40. The average Bonchev–Trinajstić information content (AvgIpc) is 2.77. The molecule has 0 saturated heterocycles. The van der Waals surface area contributed by atoms with Crippen molar-refractivity contribution in [2.45, 2.75) is 38.4 Å². The van der Waals surface area contributed by atoms with Crippen LogP contribution in [0, 0.1) is 5.92 Å². The van der Waals surface area contributed by atoms with E-state index in [4.69, 9.17) is 4.74 Å². The number of nitrogens with zero attached hydrogens (tertiary/aromatic N) is 2. The summed E-state index contributed by atoms with van der Waals surface area (Å²) >= 11 is 0. The molecule has 32 heavy (non-hydrogen) atoms. The van der Waals surface area contributed by atoms with Gasteiger partial charge in [0.1, 0.15) is 4.75 Å². The fourth-order valence-electron chi connectivity index (χ4n) is 3.36. The smallest absolute Gasteiger partial charge is 0.310 e. The highest BCUT2D eigenvalue weighted by molar-refractivity contribution is 7.93. The van der Waals surface area contributed by atoms with Crippen LogP contribution in [0.2, 0.25) is 0 Å². The van der Waals surface area contributed by atoms with Gasteiger partial charge in [-0.25, -0.2) is 8.42 Å². The molecule has 0 N–H and O–H groups in total. The van der Waals surface area contributed by atoms with Gasteiger partial charge in [0.05, 0.1) is 18.3 Å². The number of pyridine rings is 1. The Morgan fingerprint density at radius 3 is 2.34 bits per heavy atom. The van der Waals surface area contributed by atoms with E-state index in [1.54, 1.807) is 20.2 Å². The zero-order valence-electron chi connectivity index (χ0n) is 19.2. The normalized spacial score (nSPS) is 12.8. The van der Waals surface area contributed by atoms with E-state index in [0.29, 0.717) is 13.0 Å². The van der Waals surface area contributed by atoms with Crippen molar-refractivity contribution in [2.24, 2.45) is 5.92 Å². The van der Waals surface area contributed by atoms with Crippen molar-refractivity contribution >= 4 is 21.7 Å². The largest absolute Gasteiger partial charge is 0.466 e. The molecule has 0 bridgehead atoms. The molecule has 0 saturated carbocycles. The molecular weight excluding hydrogens is 428 g/mol. The van der Waals surface area contributed by atoms with Crippen molar-refractivity contribution < 1.29 is 22.7 Å². The summed E-state index contributed by atoms with van der Waals surface area (Å²) in [6.45, 7) is 4.96. The van der Waals surface area contributed by atoms with Crippen LogP contribution in [0.3, 0.4) is 0 Å². The second-order valence-corrected chi connectivity index (χ2v) is 10.8. The maximum atomic E-state index is 13.3. The van der Waals surface area contributed by atoms with Crippen molar-refractivity contribution in [3.63, 3.8) is 0 Å². The lowest BCUT2D eigenvalue weighted by Crippen LogP contribution is -2.51. The third-order valence-corrected chi connectivity index (χ3v) is 8.01. The molecule has 0 aliphatic carbocycles. The molecule has 2 rings (SSSR count). The molecule has 0 spiro atoms. The lowest BCUT2D eigenvalue weighted by atomic mass is 10.0. The topological polar surface area (TPSA) is 93.6 Å². The SMILES string of the molecule is CCOC(=O)C(Cc1ccccc1)CS(=O)(=O)C(C)(C)C(=O)N(C)CCc1ccccn1. The van der Waals surface area contributed by atoms with Crippen LogP contribution in [0.4, 0.5) is 0 Å². The van der Waals surface area contributed by atoms with Gasteiger partial charge < -0.3 is 9.64 Å². The first-order valence-corrected chi connectivity index (χ1v) is 12.3. The highest BCUT2D eigenvalue weighted by Gasteiger charge is 2.45. The van der Waals surface area contributed by atoms with Gasteiger partial charge in [-0.1, -0.05) is 36.4 Å². The van der Waals surface area contributed by atoms with Crippen LogP contribution in [0.25, 0.3) is 0 Å². The number of hydrogen-bond acceptors (Lipinski definition) is 6. The van der Waals surface area contributed by atoms with Crippen LogP contribution < -0.4 is 0 Å². The number of rotatable bonds is 11. The van der Waals surface area contributed by atoms with E-state index in [9.17, 15) is 18.0 Å². The second-order valence-electron chi connectivity index (χ2n) is 8.23. The number of benzene rings is 1. The molecule has 0 aliphatic rings. The molecule has 1 aromatic heterocycles. The first-order chi connectivity index (χ1) is 15.1. The molecule has 1 heterocycles. The molecule has 1 aromatic carbocycles. The first-order valence-electron chi connectivity index (χ1n) is 10.7. The summed E-state index contributed by atoms with van der Waals surface area (Å²) in [5.41, 5.74) is 1.65. The minimum absolute atomic E-state index is 0.156. The summed E-state index contributed by atoms with van der Waals surface area (Å²) in [5.74, 6) is -2.45. The summed E-state index contributed by atoms with van der Waals surface area (Å²) in [5, 5.41) is 0. The predicted molar refractivity (Wildman–Crippen MR) is 124 cm³/mol. The van der Waals surface area contributed by atoms with Gasteiger partial charge in [0.25, 0.3) is 0 Å². The molecule has 0 aliphatic heterocycles. The third-order valence-electron chi connectivity index (χ3n) is 5.43. The van der Waals surface area contributed by atoms with Crippen LogP contribution >= 0.6 is 0 Å². The van der Waals surface area contributed by atoms with Crippen molar-refractivity contribution in [2.75, 3.05) is 26.0 Å². The molecule has 1 unspecified atom stereocenters. The maximum absolute atomic E-state index is 13.3. The van der Waals surface area contributed by atoms with E-state index in [0.717, 1.165) is 11.3 Å². The number of carbonyl (C=O) groups excluding carboxylic acids is 2. The highest BCUT2D eigenvalue weighted by Crippen LogP contribution is 2.25. The average molecular weight is 461 g/mol. The number of sulfone groups is 1. The van der Waals surface area contributed by atoms with Crippen LogP contribution in [0.15, 0.2) is 54.7 Å². The van der Waals surface area contributed by atoms with E-state index >= 15 is 0 Å². The van der Waals surface area contributed by atoms with Gasteiger partial charge in [-0.3, -0.25) is 14.6 Å².